The second-order valence-electron chi connectivity index (χ2n) is 4.06. The highest BCUT2D eigenvalue weighted by Gasteiger charge is 2.35. The van der Waals surface area contributed by atoms with Gasteiger partial charge in [0.15, 0.2) is 5.60 Å². The van der Waals surface area contributed by atoms with Crippen LogP contribution in [0, 0.1) is 0 Å². The summed E-state index contributed by atoms with van der Waals surface area (Å²) < 4.78 is 5.45. The monoisotopic (exact) mass is 242 g/mol. The smallest absolute Gasteiger partial charge is 0.303 e. The summed E-state index contributed by atoms with van der Waals surface area (Å²) >= 11 is 0. The zero-order valence-corrected chi connectivity index (χ0v) is 10.3. The quantitative estimate of drug-likeness (QED) is 0.775. The Balaban J connectivity index is 2.51. The van der Waals surface area contributed by atoms with E-state index in [9.17, 15) is 4.79 Å². The van der Waals surface area contributed by atoms with Gasteiger partial charge < -0.3 is 4.74 Å². The lowest BCUT2D eigenvalue weighted by Gasteiger charge is -2.27. The zero-order valence-electron chi connectivity index (χ0n) is 10.3. The summed E-state index contributed by atoms with van der Waals surface area (Å²) in [7, 11) is 0. The maximum absolute atomic E-state index is 11.3. The van der Waals surface area contributed by atoms with Crippen molar-refractivity contribution in [3.8, 4) is 0 Å². The number of carbonyl (C=O) groups is 1. The highest BCUT2D eigenvalue weighted by molar-refractivity contribution is 5.67. The Bertz CT molecular complexity index is 487. The van der Waals surface area contributed by atoms with Crippen LogP contribution in [0.4, 0.5) is 0 Å². The van der Waals surface area contributed by atoms with Gasteiger partial charge in [0, 0.05) is 19.3 Å². The van der Waals surface area contributed by atoms with Crippen LogP contribution in [0.25, 0.3) is 0 Å². The number of ether oxygens (including phenoxy) is 1. The summed E-state index contributed by atoms with van der Waals surface area (Å²) in [6.07, 6.45) is 3.33. The molecule has 0 atom stereocenters. The van der Waals surface area contributed by atoms with Gasteiger partial charge >= 0.3 is 5.97 Å². The Labute approximate surface area is 106 Å². The number of pyridine rings is 2. The molecule has 0 radical (unpaired) electrons. The van der Waals surface area contributed by atoms with Crippen LogP contribution < -0.4 is 0 Å². The van der Waals surface area contributed by atoms with Crippen molar-refractivity contribution in [1.82, 2.24) is 9.97 Å². The zero-order chi connectivity index (χ0) is 13.0. The molecule has 4 nitrogen and oxygen atoms in total. The second-order valence-corrected chi connectivity index (χ2v) is 4.06. The average molecular weight is 242 g/mol. The number of aromatic nitrogens is 2. The fourth-order valence-electron chi connectivity index (χ4n) is 1.81. The normalized spacial score (nSPS) is 11.0. The number of carbonyl (C=O) groups excluding carboxylic acids is 1. The molecule has 2 heterocycles. The van der Waals surface area contributed by atoms with Crippen molar-refractivity contribution in [3.05, 3.63) is 60.2 Å². The van der Waals surface area contributed by atoms with E-state index in [0.717, 1.165) is 0 Å². The lowest BCUT2D eigenvalue weighted by molar-refractivity contribution is -0.153. The third kappa shape index (κ3) is 2.37. The third-order valence-corrected chi connectivity index (χ3v) is 2.66. The van der Waals surface area contributed by atoms with Crippen LogP contribution >= 0.6 is 0 Å². The van der Waals surface area contributed by atoms with Crippen LogP contribution in [0.1, 0.15) is 25.2 Å². The molecule has 0 bridgehead atoms. The summed E-state index contributed by atoms with van der Waals surface area (Å²) in [5, 5.41) is 0. The average Bonchev–Trinajstić information content (AvgIpc) is 2.40. The lowest BCUT2D eigenvalue weighted by atomic mass is 9.96. The van der Waals surface area contributed by atoms with Gasteiger partial charge in [0.2, 0.25) is 0 Å². The molecule has 0 saturated heterocycles. The van der Waals surface area contributed by atoms with Gasteiger partial charge in [0.25, 0.3) is 0 Å². The molecule has 0 aromatic carbocycles. The Morgan fingerprint density at radius 1 is 1.06 bits per heavy atom. The number of hydrogen-bond acceptors (Lipinski definition) is 4. The maximum Gasteiger partial charge on any atom is 0.303 e. The molecular formula is C14H14N2O2. The molecule has 0 N–H and O–H groups in total. The molecule has 0 unspecified atom stereocenters. The third-order valence-electron chi connectivity index (χ3n) is 2.66. The van der Waals surface area contributed by atoms with Crippen molar-refractivity contribution in [2.45, 2.75) is 19.4 Å². The van der Waals surface area contributed by atoms with E-state index in [0.29, 0.717) is 11.4 Å². The van der Waals surface area contributed by atoms with Gasteiger partial charge in [0.1, 0.15) is 0 Å². The highest BCUT2D eigenvalue weighted by Crippen LogP contribution is 2.30. The minimum absolute atomic E-state index is 0.367. The standard InChI is InChI=1S/C14H14N2O2/c1-11(17)18-14(2,12-7-3-5-9-15-12)13-8-4-6-10-16-13/h3-10H,1-2H3. The van der Waals surface area contributed by atoms with Gasteiger partial charge in [-0.15, -0.1) is 0 Å². The van der Waals surface area contributed by atoms with Gasteiger partial charge in [-0.25, -0.2) is 0 Å². The number of hydrogen-bond donors (Lipinski definition) is 0. The Morgan fingerprint density at radius 2 is 1.56 bits per heavy atom. The maximum atomic E-state index is 11.3. The summed E-state index contributed by atoms with van der Waals surface area (Å²) in [6, 6.07) is 11.0. The molecule has 0 aliphatic carbocycles. The highest BCUT2D eigenvalue weighted by atomic mass is 16.6. The number of nitrogens with zero attached hydrogens (tertiary/aromatic N) is 2. The molecule has 2 aromatic rings. The van der Waals surface area contributed by atoms with E-state index in [1.54, 1.807) is 19.3 Å². The molecule has 0 amide bonds. The summed E-state index contributed by atoms with van der Waals surface area (Å²) in [5.74, 6) is -0.367. The second kappa shape index (κ2) is 4.96. The molecule has 92 valence electrons. The molecule has 0 aliphatic rings. The molecule has 4 heteroatoms. The van der Waals surface area contributed by atoms with Gasteiger partial charge in [-0.2, -0.15) is 0 Å². The van der Waals surface area contributed by atoms with Crippen LogP contribution in [-0.4, -0.2) is 15.9 Å². The van der Waals surface area contributed by atoms with Crippen molar-refractivity contribution in [2.24, 2.45) is 0 Å². The predicted molar refractivity (Wildman–Crippen MR) is 66.7 cm³/mol. The van der Waals surface area contributed by atoms with Crippen molar-refractivity contribution < 1.29 is 9.53 Å². The van der Waals surface area contributed by atoms with Crippen LogP contribution in [0.5, 0.6) is 0 Å². The van der Waals surface area contributed by atoms with E-state index < -0.39 is 5.60 Å². The first-order valence-electron chi connectivity index (χ1n) is 5.65. The fraction of sp³-hybridized carbons (Fsp3) is 0.214. The predicted octanol–water partition coefficient (Wildman–Crippen LogP) is 2.30. The molecule has 0 aliphatic heterocycles. The minimum Gasteiger partial charge on any atom is -0.446 e. The van der Waals surface area contributed by atoms with Crippen LogP contribution in [0.15, 0.2) is 48.8 Å². The Kier molecular flexibility index (Phi) is 3.37. The fourth-order valence-corrected chi connectivity index (χ4v) is 1.81. The van der Waals surface area contributed by atoms with Gasteiger partial charge in [-0.3, -0.25) is 14.8 Å². The van der Waals surface area contributed by atoms with E-state index in [4.69, 9.17) is 4.74 Å². The molecule has 18 heavy (non-hydrogen) atoms. The van der Waals surface area contributed by atoms with Crippen molar-refractivity contribution >= 4 is 5.97 Å². The molecule has 2 rings (SSSR count). The summed E-state index contributed by atoms with van der Waals surface area (Å²) in [4.78, 5) is 19.9. The molecule has 2 aromatic heterocycles. The molecule has 0 saturated carbocycles. The van der Waals surface area contributed by atoms with Crippen LogP contribution in [0.2, 0.25) is 0 Å². The van der Waals surface area contributed by atoms with Gasteiger partial charge in [-0.1, -0.05) is 12.1 Å². The van der Waals surface area contributed by atoms with E-state index in [1.807, 2.05) is 36.4 Å². The van der Waals surface area contributed by atoms with Crippen LogP contribution in [0.3, 0.4) is 0 Å². The topological polar surface area (TPSA) is 52.1 Å². The van der Waals surface area contributed by atoms with Gasteiger partial charge in [0.05, 0.1) is 11.4 Å². The van der Waals surface area contributed by atoms with E-state index in [1.165, 1.54) is 6.92 Å². The Hall–Kier alpha value is -2.23. The van der Waals surface area contributed by atoms with E-state index in [2.05, 4.69) is 9.97 Å². The summed E-state index contributed by atoms with van der Waals surface area (Å²) in [5.41, 5.74) is 0.340. The molecular weight excluding hydrogens is 228 g/mol. The van der Waals surface area contributed by atoms with Crippen molar-refractivity contribution in [2.75, 3.05) is 0 Å². The van der Waals surface area contributed by atoms with Gasteiger partial charge in [-0.05, 0) is 31.2 Å². The van der Waals surface area contributed by atoms with Crippen molar-refractivity contribution in [1.29, 1.82) is 0 Å². The Morgan fingerprint density at radius 3 is 1.89 bits per heavy atom. The number of esters is 1. The van der Waals surface area contributed by atoms with E-state index >= 15 is 0 Å². The first-order valence-corrected chi connectivity index (χ1v) is 5.65. The van der Waals surface area contributed by atoms with Crippen molar-refractivity contribution in [3.63, 3.8) is 0 Å². The largest absolute Gasteiger partial charge is 0.446 e. The molecule has 0 spiro atoms. The minimum atomic E-state index is -0.964. The SMILES string of the molecule is CC(=O)OC(C)(c1ccccn1)c1ccccn1. The lowest BCUT2D eigenvalue weighted by Crippen LogP contribution is -2.31. The number of rotatable bonds is 3. The van der Waals surface area contributed by atoms with Crippen LogP contribution in [-0.2, 0) is 15.1 Å². The first kappa shape index (κ1) is 12.2. The molecule has 0 fully saturated rings. The summed E-state index contributed by atoms with van der Waals surface area (Å²) in [6.45, 7) is 3.17. The van der Waals surface area contributed by atoms with E-state index in [-0.39, 0.29) is 5.97 Å². The first-order chi connectivity index (χ1) is 8.63.